The number of methoxy groups -OCH3 is 1. The molecule has 0 aliphatic rings. The zero-order chi connectivity index (χ0) is 29.6. The SMILES string of the molecule is CCCOC(=O)S(=O)(=O)Nc1sc(CC(C)C)cc1-c1ccc(Cn2c(-c3ccccc3)nc(OC)c2C=O)cc1. The molecule has 9 nitrogen and oxygen atoms in total. The lowest BCUT2D eigenvalue weighted by atomic mass is 10.0. The Kier molecular flexibility index (Phi) is 9.61. The summed E-state index contributed by atoms with van der Waals surface area (Å²) in [5, 5.41) is -0.939. The average Bonchev–Trinajstić information content (AvgIpc) is 3.51. The number of hydrogen-bond acceptors (Lipinski definition) is 8. The van der Waals surface area contributed by atoms with Gasteiger partial charge in [-0.2, -0.15) is 13.4 Å². The van der Waals surface area contributed by atoms with Crippen LogP contribution in [0.5, 0.6) is 5.88 Å². The molecule has 4 aromatic rings. The van der Waals surface area contributed by atoms with Gasteiger partial charge in [0.1, 0.15) is 16.5 Å². The van der Waals surface area contributed by atoms with E-state index in [-0.39, 0.29) is 12.5 Å². The second-order valence-corrected chi connectivity index (χ2v) is 12.5. The van der Waals surface area contributed by atoms with E-state index in [9.17, 15) is 18.0 Å². The fraction of sp³-hybridized carbons (Fsp3) is 0.300. The summed E-state index contributed by atoms with van der Waals surface area (Å²) in [6.45, 7) is 6.35. The van der Waals surface area contributed by atoms with E-state index in [0.717, 1.165) is 34.3 Å². The third-order valence-electron chi connectivity index (χ3n) is 6.18. The predicted molar refractivity (Wildman–Crippen MR) is 161 cm³/mol. The normalized spacial score (nSPS) is 11.4. The van der Waals surface area contributed by atoms with Crippen molar-refractivity contribution in [2.45, 2.75) is 40.2 Å². The van der Waals surface area contributed by atoms with E-state index in [1.165, 1.54) is 18.4 Å². The van der Waals surface area contributed by atoms with Crippen molar-refractivity contribution in [2.24, 2.45) is 5.92 Å². The Morgan fingerprint density at radius 1 is 1.10 bits per heavy atom. The largest absolute Gasteiger partial charge is 0.479 e. The molecule has 216 valence electrons. The Morgan fingerprint density at radius 3 is 2.41 bits per heavy atom. The van der Waals surface area contributed by atoms with E-state index in [4.69, 9.17) is 9.47 Å². The van der Waals surface area contributed by atoms with Crippen LogP contribution in [-0.2, 0) is 27.7 Å². The first-order valence-electron chi connectivity index (χ1n) is 13.2. The first-order chi connectivity index (χ1) is 19.7. The number of ether oxygens (including phenoxy) is 2. The highest BCUT2D eigenvalue weighted by molar-refractivity contribution is 8.07. The van der Waals surface area contributed by atoms with Gasteiger partial charge in [-0.15, -0.1) is 11.3 Å². The van der Waals surface area contributed by atoms with Crippen LogP contribution in [-0.4, -0.2) is 43.3 Å². The third kappa shape index (κ3) is 7.04. The highest BCUT2D eigenvalue weighted by Crippen LogP contribution is 2.38. The van der Waals surface area contributed by atoms with Crippen LogP contribution in [0.15, 0.2) is 60.7 Å². The molecule has 11 heteroatoms. The van der Waals surface area contributed by atoms with Gasteiger partial charge in [-0.05, 0) is 36.0 Å². The average molecular weight is 596 g/mol. The molecule has 0 spiro atoms. The zero-order valence-corrected chi connectivity index (χ0v) is 25.1. The summed E-state index contributed by atoms with van der Waals surface area (Å²) >= 11 is 1.30. The molecule has 0 amide bonds. The minimum Gasteiger partial charge on any atom is -0.479 e. The molecule has 0 fully saturated rings. The van der Waals surface area contributed by atoms with E-state index < -0.39 is 15.3 Å². The molecule has 1 N–H and O–H groups in total. The number of thiophene rings is 1. The van der Waals surface area contributed by atoms with Gasteiger partial charge < -0.3 is 14.0 Å². The summed E-state index contributed by atoms with van der Waals surface area (Å²) in [5.41, 5.74) is 3.53. The number of aromatic nitrogens is 2. The lowest BCUT2D eigenvalue weighted by Crippen LogP contribution is -2.24. The van der Waals surface area contributed by atoms with Crippen molar-refractivity contribution < 1.29 is 27.5 Å². The molecule has 0 radical (unpaired) electrons. The Labute approximate surface area is 244 Å². The molecule has 0 bridgehead atoms. The van der Waals surface area contributed by atoms with Gasteiger partial charge in [0.2, 0.25) is 5.88 Å². The number of aldehydes is 1. The number of carbonyl (C=O) groups is 2. The number of anilines is 1. The Balaban J connectivity index is 1.67. The van der Waals surface area contributed by atoms with Crippen molar-refractivity contribution in [1.82, 2.24) is 9.55 Å². The topological polar surface area (TPSA) is 117 Å². The maximum Gasteiger partial charge on any atom is 0.445 e. The molecule has 0 atom stereocenters. The van der Waals surface area contributed by atoms with E-state index in [1.54, 1.807) is 6.92 Å². The summed E-state index contributed by atoms with van der Waals surface area (Å²) < 4.78 is 39.9. The standard InChI is InChI=1S/C30H33N3O6S2/c1-5-15-39-30(35)41(36,37)32-29-25(17-24(40-29)16-20(2)3)22-13-11-21(12-14-22)18-33-26(19-34)28(38-4)31-27(33)23-9-7-6-8-10-23/h6-14,17,19-20,32H,5,15-16,18H2,1-4H3. The number of nitrogens with zero attached hydrogens (tertiary/aromatic N) is 2. The molecule has 4 rings (SSSR count). The summed E-state index contributed by atoms with van der Waals surface area (Å²) in [4.78, 5) is 29.7. The first kappa shape index (κ1) is 30.0. The van der Waals surface area contributed by atoms with Crippen LogP contribution < -0.4 is 9.46 Å². The second kappa shape index (κ2) is 13.1. The lowest BCUT2D eigenvalue weighted by Gasteiger charge is -2.11. The molecule has 0 unspecified atom stereocenters. The quantitative estimate of drug-likeness (QED) is 0.144. The minimum atomic E-state index is -4.38. The summed E-state index contributed by atoms with van der Waals surface area (Å²) in [5.74, 6) is 1.22. The van der Waals surface area contributed by atoms with E-state index in [1.807, 2.05) is 65.2 Å². The van der Waals surface area contributed by atoms with E-state index in [2.05, 4.69) is 23.6 Å². The molecule has 0 saturated heterocycles. The van der Waals surface area contributed by atoms with E-state index in [0.29, 0.717) is 41.0 Å². The van der Waals surface area contributed by atoms with Crippen molar-refractivity contribution in [3.8, 4) is 28.4 Å². The summed E-state index contributed by atoms with van der Waals surface area (Å²) in [6, 6.07) is 19.1. The Morgan fingerprint density at radius 2 is 1.80 bits per heavy atom. The highest BCUT2D eigenvalue weighted by Gasteiger charge is 2.27. The van der Waals surface area contributed by atoms with Gasteiger partial charge in [0.25, 0.3) is 0 Å². The number of imidazole rings is 1. The Hall–Kier alpha value is -3.96. The van der Waals surface area contributed by atoms with Crippen LogP contribution in [0.1, 0.15) is 48.1 Å². The number of rotatable bonds is 12. The van der Waals surface area contributed by atoms with Crippen molar-refractivity contribution in [3.63, 3.8) is 0 Å². The smallest absolute Gasteiger partial charge is 0.445 e. The maximum atomic E-state index is 12.7. The van der Waals surface area contributed by atoms with Crippen LogP contribution in [0, 0.1) is 5.92 Å². The van der Waals surface area contributed by atoms with Gasteiger partial charge >= 0.3 is 15.3 Å². The predicted octanol–water partition coefficient (Wildman–Crippen LogP) is 6.63. The molecular weight excluding hydrogens is 562 g/mol. The van der Waals surface area contributed by atoms with Crippen LogP contribution in [0.25, 0.3) is 22.5 Å². The van der Waals surface area contributed by atoms with Gasteiger partial charge in [-0.25, -0.2) is 4.79 Å². The molecule has 2 aromatic carbocycles. The van der Waals surface area contributed by atoms with Crippen LogP contribution >= 0.6 is 11.3 Å². The molecule has 2 heterocycles. The highest BCUT2D eigenvalue weighted by atomic mass is 32.2. The molecule has 0 aliphatic heterocycles. The van der Waals surface area contributed by atoms with Crippen LogP contribution in [0.2, 0.25) is 0 Å². The fourth-order valence-corrected chi connectivity index (χ4v) is 6.62. The van der Waals surface area contributed by atoms with Crippen LogP contribution in [0.4, 0.5) is 9.80 Å². The third-order valence-corrected chi connectivity index (χ3v) is 8.41. The second-order valence-electron chi connectivity index (χ2n) is 9.85. The van der Waals surface area contributed by atoms with Crippen molar-refractivity contribution in [2.75, 3.05) is 18.4 Å². The minimum absolute atomic E-state index is 0.0255. The number of sulfonamides is 1. The van der Waals surface area contributed by atoms with Crippen molar-refractivity contribution >= 4 is 37.9 Å². The fourth-order valence-electron chi connectivity index (χ4n) is 4.31. The Bertz CT molecular complexity index is 1610. The summed E-state index contributed by atoms with van der Waals surface area (Å²) in [6.07, 6.45) is 2.01. The van der Waals surface area contributed by atoms with E-state index >= 15 is 0 Å². The maximum absolute atomic E-state index is 12.7. The van der Waals surface area contributed by atoms with Gasteiger partial charge in [-0.3, -0.25) is 9.52 Å². The molecule has 2 aromatic heterocycles. The van der Waals surface area contributed by atoms with Crippen molar-refractivity contribution in [3.05, 3.63) is 76.8 Å². The summed E-state index contributed by atoms with van der Waals surface area (Å²) in [7, 11) is -2.90. The zero-order valence-electron chi connectivity index (χ0n) is 23.4. The molecule has 0 saturated carbocycles. The van der Waals surface area contributed by atoms with Gasteiger partial charge in [-0.1, -0.05) is 75.4 Å². The van der Waals surface area contributed by atoms with Crippen LogP contribution in [0.3, 0.4) is 0 Å². The molecule has 0 aliphatic carbocycles. The molecule has 41 heavy (non-hydrogen) atoms. The molecular formula is C30H33N3O6S2. The van der Waals surface area contributed by atoms with Gasteiger partial charge in [0.05, 0.1) is 13.7 Å². The monoisotopic (exact) mass is 595 g/mol. The number of nitrogens with one attached hydrogen (secondary N) is 1. The number of hydrogen-bond donors (Lipinski definition) is 1. The number of carbonyl (C=O) groups excluding carboxylic acids is 2. The lowest BCUT2D eigenvalue weighted by molar-refractivity contribution is 0.111. The number of benzene rings is 2. The van der Waals surface area contributed by atoms with Gasteiger partial charge in [0.15, 0.2) is 6.29 Å². The van der Waals surface area contributed by atoms with Gasteiger partial charge in [0, 0.05) is 22.5 Å². The first-order valence-corrected chi connectivity index (χ1v) is 15.5. The van der Waals surface area contributed by atoms with Crippen molar-refractivity contribution in [1.29, 1.82) is 0 Å².